The SMILES string of the molecule is Cn1cc(N2CC(c3nc(Cc4cccs4)no3)CCC2=O)cn1. The molecule has 3 aromatic rings. The normalized spacial score (nSPS) is 18.3. The summed E-state index contributed by atoms with van der Waals surface area (Å²) in [6.45, 7) is 0.547. The van der Waals surface area contributed by atoms with Gasteiger partial charge in [0.05, 0.1) is 17.8 Å². The summed E-state index contributed by atoms with van der Waals surface area (Å²) in [6, 6.07) is 4.07. The van der Waals surface area contributed by atoms with Crippen LogP contribution in [0.3, 0.4) is 0 Å². The van der Waals surface area contributed by atoms with E-state index in [1.54, 1.807) is 27.1 Å². The maximum absolute atomic E-state index is 12.2. The number of piperidine rings is 1. The molecule has 1 aliphatic rings. The molecule has 7 nitrogen and oxygen atoms in total. The Hall–Kier alpha value is -2.48. The second-order valence-electron chi connectivity index (χ2n) is 5.92. The van der Waals surface area contributed by atoms with Crippen molar-refractivity contribution in [3.05, 3.63) is 46.5 Å². The molecule has 4 rings (SSSR count). The molecule has 0 bridgehead atoms. The van der Waals surface area contributed by atoms with Crippen LogP contribution in [0.2, 0.25) is 0 Å². The fraction of sp³-hybridized carbons (Fsp3) is 0.375. The molecule has 4 heterocycles. The van der Waals surface area contributed by atoms with Crippen molar-refractivity contribution < 1.29 is 9.32 Å². The Kier molecular flexibility index (Phi) is 3.89. The molecule has 1 unspecified atom stereocenters. The Morgan fingerprint density at radius 3 is 3.12 bits per heavy atom. The second-order valence-corrected chi connectivity index (χ2v) is 6.95. The van der Waals surface area contributed by atoms with Crippen molar-refractivity contribution in [2.75, 3.05) is 11.4 Å². The molecule has 0 radical (unpaired) electrons. The van der Waals surface area contributed by atoms with Gasteiger partial charge < -0.3 is 9.42 Å². The number of amides is 1. The number of thiophene rings is 1. The van der Waals surface area contributed by atoms with Gasteiger partial charge in [-0.1, -0.05) is 11.2 Å². The third kappa shape index (κ3) is 2.96. The predicted molar refractivity (Wildman–Crippen MR) is 89.0 cm³/mol. The number of anilines is 1. The summed E-state index contributed by atoms with van der Waals surface area (Å²) in [7, 11) is 1.84. The lowest BCUT2D eigenvalue weighted by molar-refractivity contribution is -0.119. The molecule has 0 saturated carbocycles. The molecule has 0 aromatic carbocycles. The van der Waals surface area contributed by atoms with Crippen LogP contribution in [0.4, 0.5) is 5.69 Å². The number of carbonyl (C=O) groups excluding carboxylic acids is 1. The van der Waals surface area contributed by atoms with E-state index >= 15 is 0 Å². The van der Waals surface area contributed by atoms with Gasteiger partial charge in [0.2, 0.25) is 11.8 Å². The molecular formula is C16H17N5O2S. The van der Waals surface area contributed by atoms with Crippen molar-refractivity contribution in [1.29, 1.82) is 0 Å². The van der Waals surface area contributed by atoms with E-state index in [1.807, 2.05) is 24.7 Å². The highest BCUT2D eigenvalue weighted by molar-refractivity contribution is 7.09. The van der Waals surface area contributed by atoms with Crippen LogP contribution in [0.5, 0.6) is 0 Å². The molecule has 1 aliphatic heterocycles. The Labute approximate surface area is 142 Å². The smallest absolute Gasteiger partial charge is 0.231 e. The quantitative estimate of drug-likeness (QED) is 0.727. The number of hydrogen-bond acceptors (Lipinski definition) is 6. The van der Waals surface area contributed by atoms with E-state index in [1.165, 1.54) is 4.88 Å². The molecule has 0 N–H and O–H groups in total. The first kappa shape index (κ1) is 15.1. The standard InChI is InChI=1S/C16H17N5O2S/c1-20-10-12(8-17-20)21-9-11(4-5-15(21)22)16-18-14(19-23-16)7-13-3-2-6-24-13/h2-3,6,8,10-11H,4-5,7,9H2,1H3. The van der Waals surface area contributed by atoms with Crippen LogP contribution in [-0.2, 0) is 18.3 Å². The van der Waals surface area contributed by atoms with Gasteiger partial charge in [-0.3, -0.25) is 9.48 Å². The van der Waals surface area contributed by atoms with Gasteiger partial charge in [0, 0.05) is 37.5 Å². The first-order chi connectivity index (χ1) is 11.7. The molecular weight excluding hydrogens is 326 g/mol. The Morgan fingerprint density at radius 2 is 2.38 bits per heavy atom. The summed E-state index contributed by atoms with van der Waals surface area (Å²) >= 11 is 1.68. The number of hydrogen-bond donors (Lipinski definition) is 0. The first-order valence-corrected chi connectivity index (χ1v) is 8.71. The van der Waals surface area contributed by atoms with Crippen LogP contribution in [0.25, 0.3) is 0 Å². The Balaban J connectivity index is 1.50. The second kappa shape index (κ2) is 6.20. The fourth-order valence-corrected chi connectivity index (χ4v) is 3.62. The van der Waals surface area contributed by atoms with Crippen LogP contribution in [0.1, 0.15) is 35.4 Å². The van der Waals surface area contributed by atoms with Gasteiger partial charge in [-0.2, -0.15) is 10.1 Å². The van der Waals surface area contributed by atoms with Gasteiger partial charge in [0.1, 0.15) is 0 Å². The number of aryl methyl sites for hydroxylation is 1. The maximum Gasteiger partial charge on any atom is 0.231 e. The highest BCUT2D eigenvalue weighted by Crippen LogP contribution is 2.30. The number of nitrogens with zero attached hydrogens (tertiary/aromatic N) is 5. The zero-order chi connectivity index (χ0) is 16.5. The molecule has 0 aliphatic carbocycles. The fourth-order valence-electron chi connectivity index (χ4n) is 2.92. The summed E-state index contributed by atoms with van der Waals surface area (Å²) < 4.78 is 7.15. The van der Waals surface area contributed by atoms with Gasteiger partial charge >= 0.3 is 0 Å². The molecule has 3 aromatic heterocycles. The lowest BCUT2D eigenvalue weighted by atomic mass is 9.97. The largest absolute Gasteiger partial charge is 0.339 e. The zero-order valence-corrected chi connectivity index (χ0v) is 14.1. The number of carbonyl (C=O) groups is 1. The molecule has 1 atom stereocenters. The van der Waals surface area contributed by atoms with Crippen molar-refractivity contribution in [2.45, 2.75) is 25.2 Å². The van der Waals surface area contributed by atoms with E-state index in [0.717, 1.165) is 12.1 Å². The molecule has 1 fully saturated rings. The van der Waals surface area contributed by atoms with Gasteiger partial charge in [0.15, 0.2) is 5.82 Å². The van der Waals surface area contributed by atoms with Crippen LogP contribution < -0.4 is 4.90 Å². The van der Waals surface area contributed by atoms with E-state index in [0.29, 0.717) is 31.1 Å². The van der Waals surface area contributed by atoms with E-state index < -0.39 is 0 Å². The van der Waals surface area contributed by atoms with Crippen LogP contribution >= 0.6 is 11.3 Å². The van der Waals surface area contributed by atoms with Crippen LogP contribution in [-0.4, -0.2) is 32.4 Å². The summed E-state index contributed by atoms with van der Waals surface area (Å²) in [5.41, 5.74) is 0.811. The van der Waals surface area contributed by atoms with E-state index in [2.05, 4.69) is 21.3 Å². The predicted octanol–water partition coefficient (Wildman–Crippen LogP) is 2.37. The summed E-state index contributed by atoms with van der Waals surface area (Å²) in [5, 5.41) is 10.3. The average molecular weight is 343 g/mol. The lowest BCUT2D eigenvalue weighted by Gasteiger charge is -2.29. The highest BCUT2D eigenvalue weighted by atomic mass is 32.1. The van der Waals surface area contributed by atoms with Crippen molar-refractivity contribution in [3.63, 3.8) is 0 Å². The average Bonchev–Trinajstić information content (AvgIpc) is 3.31. The van der Waals surface area contributed by atoms with Crippen molar-refractivity contribution in [2.24, 2.45) is 7.05 Å². The minimum Gasteiger partial charge on any atom is -0.339 e. The number of aromatic nitrogens is 4. The topological polar surface area (TPSA) is 77.0 Å². The number of rotatable bonds is 4. The summed E-state index contributed by atoms with van der Waals surface area (Å²) in [6.07, 6.45) is 5.43. The van der Waals surface area contributed by atoms with Crippen molar-refractivity contribution in [3.8, 4) is 0 Å². The Morgan fingerprint density at radius 1 is 1.46 bits per heavy atom. The third-order valence-electron chi connectivity index (χ3n) is 4.16. The lowest BCUT2D eigenvalue weighted by Crippen LogP contribution is -2.39. The van der Waals surface area contributed by atoms with E-state index in [4.69, 9.17) is 4.52 Å². The molecule has 1 saturated heterocycles. The van der Waals surface area contributed by atoms with Crippen LogP contribution in [0, 0.1) is 0 Å². The van der Waals surface area contributed by atoms with E-state index in [-0.39, 0.29) is 11.8 Å². The highest BCUT2D eigenvalue weighted by Gasteiger charge is 2.31. The maximum atomic E-state index is 12.2. The molecule has 0 spiro atoms. The van der Waals surface area contributed by atoms with Gasteiger partial charge in [-0.15, -0.1) is 11.3 Å². The molecule has 1 amide bonds. The Bertz CT molecular complexity index is 838. The van der Waals surface area contributed by atoms with E-state index in [9.17, 15) is 4.79 Å². The summed E-state index contributed by atoms with van der Waals surface area (Å²) in [4.78, 5) is 19.7. The van der Waals surface area contributed by atoms with Crippen molar-refractivity contribution >= 4 is 22.9 Å². The van der Waals surface area contributed by atoms with Gasteiger partial charge in [0.25, 0.3) is 0 Å². The minimum absolute atomic E-state index is 0.0625. The third-order valence-corrected chi connectivity index (χ3v) is 5.04. The molecule has 24 heavy (non-hydrogen) atoms. The van der Waals surface area contributed by atoms with Gasteiger partial charge in [-0.25, -0.2) is 0 Å². The molecule has 8 heteroatoms. The van der Waals surface area contributed by atoms with Crippen LogP contribution in [0.15, 0.2) is 34.4 Å². The first-order valence-electron chi connectivity index (χ1n) is 7.83. The monoisotopic (exact) mass is 343 g/mol. The molecule has 124 valence electrons. The van der Waals surface area contributed by atoms with Gasteiger partial charge in [-0.05, 0) is 17.9 Å². The zero-order valence-electron chi connectivity index (χ0n) is 13.3. The summed E-state index contributed by atoms with van der Waals surface area (Å²) in [5.74, 6) is 1.48. The van der Waals surface area contributed by atoms with Crippen molar-refractivity contribution in [1.82, 2.24) is 19.9 Å². The minimum atomic E-state index is 0.0625.